The highest BCUT2D eigenvalue weighted by Crippen LogP contribution is 2.16. The van der Waals surface area contributed by atoms with E-state index in [1.54, 1.807) is 0 Å². The van der Waals surface area contributed by atoms with E-state index in [1.807, 2.05) is 0 Å². The molecule has 1 fully saturated rings. The lowest BCUT2D eigenvalue weighted by Gasteiger charge is -2.26. The zero-order valence-corrected chi connectivity index (χ0v) is 10.2. The minimum Gasteiger partial charge on any atom is -0.380 e. The SMILES string of the molecule is CC(C)COCCNC1CCC(N)CC1. The van der Waals surface area contributed by atoms with E-state index in [0.29, 0.717) is 18.0 Å². The van der Waals surface area contributed by atoms with Crippen LogP contribution in [0.5, 0.6) is 0 Å². The fraction of sp³-hybridized carbons (Fsp3) is 1.00. The zero-order valence-electron chi connectivity index (χ0n) is 10.2. The maximum absolute atomic E-state index is 5.85. The van der Waals surface area contributed by atoms with E-state index in [1.165, 1.54) is 25.7 Å². The molecule has 3 N–H and O–H groups in total. The van der Waals surface area contributed by atoms with Crippen LogP contribution in [0.25, 0.3) is 0 Å². The van der Waals surface area contributed by atoms with Crippen molar-refractivity contribution in [1.82, 2.24) is 5.32 Å². The Bertz CT molecular complexity index is 154. The van der Waals surface area contributed by atoms with Crippen LogP contribution in [-0.2, 0) is 4.74 Å². The van der Waals surface area contributed by atoms with Crippen molar-refractivity contribution in [2.45, 2.75) is 51.6 Å². The molecule has 0 spiro atoms. The molecule has 0 saturated heterocycles. The average molecular weight is 214 g/mol. The Hall–Kier alpha value is -0.120. The van der Waals surface area contributed by atoms with Gasteiger partial charge in [-0.1, -0.05) is 13.8 Å². The second kappa shape index (κ2) is 7.20. The van der Waals surface area contributed by atoms with Crippen molar-refractivity contribution < 1.29 is 4.74 Å². The molecular weight excluding hydrogens is 188 g/mol. The fourth-order valence-electron chi connectivity index (χ4n) is 1.98. The van der Waals surface area contributed by atoms with Crippen molar-refractivity contribution in [3.8, 4) is 0 Å². The van der Waals surface area contributed by atoms with Crippen LogP contribution in [0, 0.1) is 5.92 Å². The van der Waals surface area contributed by atoms with Gasteiger partial charge >= 0.3 is 0 Å². The van der Waals surface area contributed by atoms with E-state index < -0.39 is 0 Å². The normalized spacial score (nSPS) is 27.2. The first-order valence-corrected chi connectivity index (χ1v) is 6.25. The first kappa shape index (κ1) is 12.9. The number of nitrogens with one attached hydrogen (secondary N) is 1. The topological polar surface area (TPSA) is 47.3 Å². The predicted molar refractivity (Wildman–Crippen MR) is 63.9 cm³/mol. The van der Waals surface area contributed by atoms with Crippen molar-refractivity contribution >= 4 is 0 Å². The van der Waals surface area contributed by atoms with Gasteiger partial charge in [0.25, 0.3) is 0 Å². The second-order valence-electron chi connectivity index (χ2n) is 5.03. The highest BCUT2D eigenvalue weighted by Gasteiger charge is 2.17. The van der Waals surface area contributed by atoms with Gasteiger partial charge in [-0.15, -0.1) is 0 Å². The molecule has 0 aromatic carbocycles. The average Bonchev–Trinajstić information content (AvgIpc) is 2.20. The van der Waals surface area contributed by atoms with E-state index >= 15 is 0 Å². The molecule has 0 aromatic heterocycles. The molecule has 1 aliphatic carbocycles. The third kappa shape index (κ3) is 6.13. The van der Waals surface area contributed by atoms with Gasteiger partial charge in [0.1, 0.15) is 0 Å². The first-order chi connectivity index (χ1) is 7.18. The monoisotopic (exact) mass is 214 g/mol. The molecule has 15 heavy (non-hydrogen) atoms. The predicted octanol–water partition coefficient (Wildman–Crippen LogP) is 1.52. The van der Waals surface area contributed by atoms with Gasteiger partial charge in [-0.2, -0.15) is 0 Å². The lowest BCUT2D eigenvalue weighted by molar-refractivity contribution is 0.108. The van der Waals surface area contributed by atoms with E-state index in [0.717, 1.165) is 19.8 Å². The number of ether oxygens (including phenoxy) is 1. The van der Waals surface area contributed by atoms with Gasteiger partial charge in [0.2, 0.25) is 0 Å². The van der Waals surface area contributed by atoms with Crippen LogP contribution in [0.2, 0.25) is 0 Å². The Kier molecular flexibility index (Phi) is 6.22. The molecule has 0 atom stereocenters. The Labute approximate surface area is 93.8 Å². The molecule has 1 rings (SSSR count). The molecule has 0 bridgehead atoms. The summed E-state index contributed by atoms with van der Waals surface area (Å²) in [7, 11) is 0. The molecule has 1 aliphatic rings. The molecule has 0 amide bonds. The van der Waals surface area contributed by atoms with Crippen LogP contribution in [0.15, 0.2) is 0 Å². The number of rotatable bonds is 6. The van der Waals surface area contributed by atoms with Gasteiger partial charge in [-0.05, 0) is 31.6 Å². The molecule has 3 heteroatoms. The Morgan fingerprint density at radius 3 is 2.53 bits per heavy atom. The summed E-state index contributed by atoms with van der Waals surface area (Å²) in [5.41, 5.74) is 5.85. The van der Waals surface area contributed by atoms with Crippen LogP contribution in [0.1, 0.15) is 39.5 Å². The van der Waals surface area contributed by atoms with Crippen LogP contribution < -0.4 is 11.1 Å². The van der Waals surface area contributed by atoms with Crippen molar-refractivity contribution in [3.05, 3.63) is 0 Å². The summed E-state index contributed by atoms with van der Waals surface area (Å²) in [6.45, 7) is 7.04. The lowest BCUT2D eigenvalue weighted by atomic mass is 9.92. The minimum atomic E-state index is 0.445. The van der Waals surface area contributed by atoms with E-state index in [-0.39, 0.29) is 0 Å². The molecular formula is C12H26N2O. The smallest absolute Gasteiger partial charge is 0.0591 e. The summed E-state index contributed by atoms with van der Waals surface area (Å²) in [4.78, 5) is 0. The van der Waals surface area contributed by atoms with Gasteiger partial charge < -0.3 is 15.8 Å². The van der Waals surface area contributed by atoms with Crippen LogP contribution in [0.3, 0.4) is 0 Å². The number of nitrogens with two attached hydrogens (primary N) is 1. The van der Waals surface area contributed by atoms with E-state index in [4.69, 9.17) is 10.5 Å². The summed E-state index contributed by atoms with van der Waals surface area (Å²) < 4.78 is 5.52. The highest BCUT2D eigenvalue weighted by molar-refractivity contribution is 4.78. The quantitative estimate of drug-likeness (QED) is 0.659. The molecule has 1 saturated carbocycles. The van der Waals surface area contributed by atoms with Gasteiger partial charge in [-0.3, -0.25) is 0 Å². The Morgan fingerprint density at radius 1 is 1.27 bits per heavy atom. The van der Waals surface area contributed by atoms with Gasteiger partial charge in [0.15, 0.2) is 0 Å². The third-order valence-corrected chi connectivity index (χ3v) is 2.90. The van der Waals surface area contributed by atoms with Crippen LogP contribution in [0.4, 0.5) is 0 Å². The van der Waals surface area contributed by atoms with Crippen LogP contribution >= 0.6 is 0 Å². The molecule has 0 aromatic rings. The summed E-state index contributed by atoms with van der Waals surface area (Å²) in [6, 6.07) is 1.12. The van der Waals surface area contributed by atoms with Crippen molar-refractivity contribution in [1.29, 1.82) is 0 Å². The molecule has 0 heterocycles. The van der Waals surface area contributed by atoms with Crippen LogP contribution in [-0.4, -0.2) is 31.8 Å². The van der Waals surface area contributed by atoms with Gasteiger partial charge in [-0.25, -0.2) is 0 Å². The minimum absolute atomic E-state index is 0.445. The standard InChI is InChI=1S/C12H26N2O/c1-10(2)9-15-8-7-14-12-5-3-11(13)4-6-12/h10-12,14H,3-9,13H2,1-2H3. The largest absolute Gasteiger partial charge is 0.380 e. The molecule has 0 aliphatic heterocycles. The molecule has 90 valence electrons. The molecule has 0 unspecified atom stereocenters. The van der Waals surface area contributed by atoms with Crippen molar-refractivity contribution in [2.24, 2.45) is 11.7 Å². The highest BCUT2D eigenvalue weighted by atomic mass is 16.5. The van der Waals surface area contributed by atoms with Gasteiger partial charge in [0.05, 0.1) is 6.61 Å². The Morgan fingerprint density at radius 2 is 1.93 bits per heavy atom. The maximum Gasteiger partial charge on any atom is 0.0591 e. The lowest BCUT2D eigenvalue weighted by Crippen LogP contribution is -2.38. The third-order valence-electron chi connectivity index (χ3n) is 2.90. The van der Waals surface area contributed by atoms with Gasteiger partial charge in [0, 0.05) is 25.2 Å². The summed E-state index contributed by atoms with van der Waals surface area (Å²) in [5.74, 6) is 0.637. The molecule has 3 nitrogen and oxygen atoms in total. The summed E-state index contributed by atoms with van der Waals surface area (Å²) in [5, 5.41) is 3.54. The summed E-state index contributed by atoms with van der Waals surface area (Å²) in [6.07, 6.45) is 4.80. The van der Waals surface area contributed by atoms with Crippen molar-refractivity contribution in [2.75, 3.05) is 19.8 Å². The number of hydrogen-bond acceptors (Lipinski definition) is 3. The zero-order chi connectivity index (χ0) is 11.1. The summed E-state index contributed by atoms with van der Waals surface area (Å²) >= 11 is 0. The first-order valence-electron chi connectivity index (χ1n) is 6.25. The van der Waals surface area contributed by atoms with Crippen molar-refractivity contribution in [3.63, 3.8) is 0 Å². The second-order valence-corrected chi connectivity index (χ2v) is 5.03. The molecule has 0 radical (unpaired) electrons. The van der Waals surface area contributed by atoms with E-state index in [2.05, 4.69) is 19.2 Å². The van der Waals surface area contributed by atoms with E-state index in [9.17, 15) is 0 Å². The number of hydrogen-bond donors (Lipinski definition) is 2. The maximum atomic E-state index is 5.85. The Balaban J connectivity index is 1.91. The fourth-order valence-corrected chi connectivity index (χ4v) is 1.98.